The minimum Gasteiger partial charge on any atom is -0.300 e. The van der Waals surface area contributed by atoms with Crippen LogP contribution in [0, 0.1) is 22.7 Å². The van der Waals surface area contributed by atoms with Crippen LogP contribution in [-0.2, 0) is 0 Å². The Bertz CT molecular complexity index is 356. The highest BCUT2D eigenvalue weighted by atomic mass is 19.4. The Hall–Kier alpha value is -0.760. The summed E-state index contributed by atoms with van der Waals surface area (Å²) in [6.45, 7) is 3.30. The second kappa shape index (κ2) is 5.93. The number of alkyl halides is 3. The Morgan fingerprint density at radius 2 is 1.70 bits per heavy atom. The summed E-state index contributed by atoms with van der Waals surface area (Å²) in [6.07, 6.45) is 1.14. The molecule has 1 aliphatic heterocycles. The summed E-state index contributed by atoms with van der Waals surface area (Å²) in [4.78, 5) is 2.24. The molecule has 20 heavy (non-hydrogen) atoms. The fraction of sp³-hybridized carbons (Fsp3) is 0.933. The molecule has 2 aliphatic rings. The summed E-state index contributed by atoms with van der Waals surface area (Å²) >= 11 is 0. The SMILES string of the molecule is C[C@]1(CC#N)CC[C@@H](N2CCC(C(F)(F)F)CC2)CC1. The Labute approximate surface area is 118 Å². The molecule has 2 rings (SSSR count). The summed E-state index contributed by atoms with van der Waals surface area (Å²) in [7, 11) is 0. The van der Waals surface area contributed by atoms with Gasteiger partial charge in [-0.15, -0.1) is 0 Å². The molecule has 1 saturated carbocycles. The van der Waals surface area contributed by atoms with E-state index in [1.807, 2.05) is 0 Å². The maximum atomic E-state index is 12.6. The highest BCUT2D eigenvalue weighted by Crippen LogP contribution is 2.41. The van der Waals surface area contributed by atoms with Crippen LogP contribution in [-0.4, -0.2) is 30.2 Å². The van der Waals surface area contributed by atoms with Crippen molar-refractivity contribution in [2.45, 2.75) is 64.1 Å². The fourth-order valence-electron chi connectivity index (χ4n) is 3.62. The second-order valence-electron chi connectivity index (χ2n) is 6.73. The van der Waals surface area contributed by atoms with E-state index < -0.39 is 12.1 Å². The molecule has 0 atom stereocenters. The zero-order valence-corrected chi connectivity index (χ0v) is 12.0. The molecular formula is C15H23F3N2. The Morgan fingerprint density at radius 1 is 1.15 bits per heavy atom. The van der Waals surface area contributed by atoms with Crippen molar-refractivity contribution < 1.29 is 13.2 Å². The number of piperidine rings is 1. The molecule has 0 bridgehead atoms. The normalized spacial score (nSPS) is 33.9. The van der Waals surface area contributed by atoms with Gasteiger partial charge in [-0.05, 0) is 57.0 Å². The predicted octanol–water partition coefficient (Wildman–Crippen LogP) is 4.12. The van der Waals surface area contributed by atoms with Gasteiger partial charge in [0.05, 0.1) is 12.0 Å². The number of hydrogen-bond donors (Lipinski definition) is 0. The van der Waals surface area contributed by atoms with E-state index >= 15 is 0 Å². The van der Waals surface area contributed by atoms with E-state index in [4.69, 9.17) is 5.26 Å². The number of nitriles is 1. The fourth-order valence-corrected chi connectivity index (χ4v) is 3.62. The van der Waals surface area contributed by atoms with E-state index in [9.17, 15) is 13.2 Å². The molecule has 0 aromatic carbocycles. The third kappa shape index (κ3) is 3.66. The lowest BCUT2D eigenvalue weighted by atomic mass is 9.71. The zero-order chi connectivity index (χ0) is 14.8. The van der Waals surface area contributed by atoms with Crippen LogP contribution in [0.5, 0.6) is 0 Å². The lowest BCUT2D eigenvalue weighted by molar-refractivity contribution is -0.186. The third-order valence-corrected chi connectivity index (χ3v) is 5.18. The van der Waals surface area contributed by atoms with Gasteiger partial charge in [0.15, 0.2) is 0 Å². The first-order valence-corrected chi connectivity index (χ1v) is 7.52. The lowest BCUT2D eigenvalue weighted by Crippen LogP contribution is -2.46. The van der Waals surface area contributed by atoms with Gasteiger partial charge in [0.25, 0.3) is 0 Å². The molecule has 1 saturated heterocycles. The van der Waals surface area contributed by atoms with Crippen LogP contribution in [0.1, 0.15) is 51.9 Å². The Kier molecular flexibility index (Phi) is 4.63. The Morgan fingerprint density at radius 3 is 2.15 bits per heavy atom. The standard InChI is InChI=1S/C15H23F3N2/c1-14(8-9-19)6-2-13(3-7-14)20-10-4-12(5-11-20)15(16,17)18/h12-13H,2-8,10-11H2,1H3/t13-,14+. The second-order valence-corrected chi connectivity index (χ2v) is 6.73. The minimum absolute atomic E-state index is 0.121. The van der Waals surface area contributed by atoms with Crippen molar-refractivity contribution in [1.82, 2.24) is 4.90 Å². The van der Waals surface area contributed by atoms with Crippen molar-refractivity contribution in [3.8, 4) is 6.07 Å². The van der Waals surface area contributed by atoms with E-state index in [-0.39, 0.29) is 18.3 Å². The van der Waals surface area contributed by atoms with Crippen molar-refractivity contribution in [2.75, 3.05) is 13.1 Å². The van der Waals surface area contributed by atoms with E-state index in [2.05, 4.69) is 17.9 Å². The van der Waals surface area contributed by atoms with E-state index in [0.717, 1.165) is 25.7 Å². The molecule has 1 aliphatic carbocycles. The van der Waals surface area contributed by atoms with Gasteiger partial charge in [-0.25, -0.2) is 0 Å². The largest absolute Gasteiger partial charge is 0.391 e. The van der Waals surface area contributed by atoms with Gasteiger partial charge >= 0.3 is 6.18 Å². The van der Waals surface area contributed by atoms with Crippen LogP contribution in [0.25, 0.3) is 0 Å². The quantitative estimate of drug-likeness (QED) is 0.764. The van der Waals surface area contributed by atoms with E-state index in [1.54, 1.807) is 0 Å². The minimum atomic E-state index is -4.02. The predicted molar refractivity (Wildman–Crippen MR) is 70.9 cm³/mol. The molecule has 0 aromatic rings. The highest BCUT2D eigenvalue weighted by molar-refractivity contribution is 4.92. The summed E-state index contributed by atoms with van der Waals surface area (Å²) in [5.74, 6) is -1.11. The van der Waals surface area contributed by atoms with Crippen molar-refractivity contribution in [1.29, 1.82) is 5.26 Å². The molecule has 2 nitrogen and oxygen atoms in total. The highest BCUT2D eigenvalue weighted by Gasteiger charge is 2.42. The van der Waals surface area contributed by atoms with Crippen molar-refractivity contribution in [3.63, 3.8) is 0 Å². The summed E-state index contributed by atoms with van der Waals surface area (Å²) in [5, 5.41) is 8.84. The molecule has 0 N–H and O–H groups in total. The van der Waals surface area contributed by atoms with Gasteiger partial charge in [-0.2, -0.15) is 18.4 Å². The number of nitrogens with zero attached hydrogens (tertiary/aromatic N) is 2. The number of halogens is 3. The van der Waals surface area contributed by atoms with Gasteiger partial charge < -0.3 is 4.90 Å². The molecule has 0 aromatic heterocycles. The van der Waals surface area contributed by atoms with Gasteiger partial charge in [-0.1, -0.05) is 6.92 Å². The molecular weight excluding hydrogens is 265 g/mol. The van der Waals surface area contributed by atoms with Crippen LogP contribution in [0.15, 0.2) is 0 Å². The van der Waals surface area contributed by atoms with Gasteiger partial charge in [0, 0.05) is 12.5 Å². The molecule has 5 heteroatoms. The van der Waals surface area contributed by atoms with Crippen LogP contribution in [0.4, 0.5) is 13.2 Å². The summed E-state index contributed by atoms with van der Waals surface area (Å²) in [6, 6.07) is 2.68. The molecule has 1 heterocycles. The van der Waals surface area contributed by atoms with Gasteiger partial charge in [-0.3, -0.25) is 0 Å². The molecule has 0 amide bonds. The molecule has 0 unspecified atom stereocenters. The van der Waals surface area contributed by atoms with Crippen molar-refractivity contribution in [2.24, 2.45) is 11.3 Å². The van der Waals surface area contributed by atoms with Crippen molar-refractivity contribution >= 4 is 0 Å². The first-order chi connectivity index (χ1) is 9.34. The van der Waals surface area contributed by atoms with Crippen LogP contribution >= 0.6 is 0 Å². The number of likely N-dealkylation sites (tertiary alicyclic amines) is 1. The average molecular weight is 288 g/mol. The number of hydrogen-bond acceptors (Lipinski definition) is 2. The monoisotopic (exact) mass is 288 g/mol. The zero-order valence-electron chi connectivity index (χ0n) is 12.0. The molecule has 114 valence electrons. The van der Waals surface area contributed by atoms with Gasteiger partial charge in [0.1, 0.15) is 0 Å². The summed E-state index contributed by atoms with van der Waals surface area (Å²) < 4.78 is 37.9. The first-order valence-electron chi connectivity index (χ1n) is 7.52. The van der Waals surface area contributed by atoms with Crippen LogP contribution < -0.4 is 0 Å². The molecule has 0 radical (unpaired) electrons. The topological polar surface area (TPSA) is 27.0 Å². The van der Waals surface area contributed by atoms with E-state index in [1.165, 1.54) is 0 Å². The van der Waals surface area contributed by atoms with E-state index in [0.29, 0.717) is 25.6 Å². The number of rotatable bonds is 2. The van der Waals surface area contributed by atoms with Crippen molar-refractivity contribution in [3.05, 3.63) is 0 Å². The third-order valence-electron chi connectivity index (χ3n) is 5.18. The average Bonchev–Trinajstić information content (AvgIpc) is 2.39. The molecule has 0 spiro atoms. The first kappa shape index (κ1) is 15.6. The smallest absolute Gasteiger partial charge is 0.300 e. The van der Waals surface area contributed by atoms with Crippen LogP contribution in [0.2, 0.25) is 0 Å². The molecule has 2 fully saturated rings. The maximum absolute atomic E-state index is 12.6. The maximum Gasteiger partial charge on any atom is 0.391 e. The lowest BCUT2D eigenvalue weighted by Gasteiger charge is -2.43. The van der Waals surface area contributed by atoms with Gasteiger partial charge in [0.2, 0.25) is 0 Å². The summed E-state index contributed by atoms with van der Waals surface area (Å²) in [5.41, 5.74) is 0.121. The Balaban J connectivity index is 1.80. The van der Waals surface area contributed by atoms with Crippen LogP contribution in [0.3, 0.4) is 0 Å².